The van der Waals surface area contributed by atoms with Crippen LogP contribution in [0.4, 0.5) is 17.5 Å². The van der Waals surface area contributed by atoms with E-state index in [9.17, 15) is 0 Å². The third kappa shape index (κ3) is 2.52. The largest absolute Gasteiger partial charge is 0.378 e. The van der Waals surface area contributed by atoms with E-state index in [1.54, 1.807) is 0 Å². The molecule has 1 aromatic heterocycles. The van der Waals surface area contributed by atoms with E-state index in [1.165, 1.54) is 11.3 Å². The Morgan fingerprint density at radius 1 is 1.00 bits per heavy atom. The van der Waals surface area contributed by atoms with Crippen molar-refractivity contribution in [3.8, 4) is 0 Å². The molecule has 0 bridgehead atoms. The predicted molar refractivity (Wildman–Crippen MR) is 86.8 cm³/mol. The number of morpholine rings is 1. The number of rotatable bonds is 2. The Morgan fingerprint density at radius 2 is 1.86 bits per heavy atom. The van der Waals surface area contributed by atoms with Crippen molar-refractivity contribution in [2.24, 2.45) is 0 Å². The van der Waals surface area contributed by atoms with Gasteiger partial charge in [-0.2, -0.15) is 4.98 Å². The number of aryl methyl sites for hydroxylation is 1. The average Bonchev–Trinajstić information content (AvgIpc) is 2.62. The normalized spacial score (nSPS) is 18.2. The molecule has 1 aromatic carbocycles. The summed E-state index contributed by atoms with van der Waals surface area (Å²) in [6.45, 7) is 4.31. The van der Waals surface area contributed by atoms with Gasteiger partial charge >= 0.3 is 0 Å². The molecule has 0 aliphatic carbocycles. The van der Waals surface area contributed by atoms with Gasteiger partial charge in [-0.25, -0.2) is 4.98 Å². The summed E-state index contributed by atoms with van der Waals surface area (Å²) in [5.41, 5.74) is 2.63. The molecule has 0 spiro atoms. The highest BCUT2D eigenvalue weighted by molar-refractivity contribution is 5.64. The number of anilines is 3. The Bertz CT molecular complexity index is 655. The van der Waals surface area contributed by atoms with E-state index in [1.807, 2.05) is 12.3 Å². The maximum Gasteiger partial charge on any atom is 0.231 e. The summed E-state index contributed by atoms with van der Waals surface area (Å²) in [5, 5.41) is 0. The first kappa shape index (κ1) is 13.5. The van der Waals surface area contributed by atoms with Gasteiger partial charge in [0.25, 0.3) is 0 Å². The molecule has 3 heterocycles. The number of nitrogens with zero attached hydrogens (tertiary/aromatic N) is 4. The van der Waals surface area contributed by atoms with Crippen molar-refractivity contribution in [3.05, 3.63) is 42.1 Å². The minimum Gasteiger partial charge on any atom is -0.378 e. The van der Waals surface area contributed by atoms with Crippen LogP contribution in [0.5, 0.6) is 0 Å². The van der Waals surface area contributed by atoms with E-state index in [0.29, 0.717) is 0 Å². The summed E-state index contributed by atoms with van der Waals surface area (Å²) < 4.78 is 5.42. The van der Waals surface area contributed by atoms with Gasteiger partial charge in [0.15, 0.2) is 0 Å². The highest BCUT2D eigenvalue weighted by Gasteiger charge is 2.21. The molecule has 2 aliphatic rings. The lowest BCUT2D eigenvalue weighted by atomic mass is 10.0. The molecular weight excluding hydrogens is 276 g/mol. The second-order valence-corrected chi connectivity index (χ2v) is 5.70. The van der Waals surface area contributed by atoms with Gasteiger partial charge in [0.1, 0.15) is 5.82 Å². The molecule has 0 amide bonds. The van der Waals surface area contributed by atoms with Gasteiger partial charge in [0.05, 0.1) is 13.2 Å². The Balaban J connectivity index is 1.66. The fourth-order valence-electron chi connectivity index (χ4n) is 3.18. The van der Waals surface area contributed by atoms with Crippen molar-refractivity contribution in [2.45, 2.75) is 12.8 Å². The molecule has 4 rings (SSSR count). The molecule has 0 saturated carbocycles. The highest BCUT2D eigenvalue weighted by atomic mass is 16.5. The van der Waals surface area contributed by atoms with Gasteiger partial charge in [-0.1, -0.05) is 18.2 Å². The van der Waals surface area contributed by atoms with Gasteiger partial charge in [-0.15, -0.1) is 0 Å². The Morgan fingerprint density at radius 3 is 2.77 bits per heavy atom. The zero-order valence-electron chi connectivity index (χ0n) is 12.6. The maximum absolute atomic E-state index is 5.42. The van der Waals surface area contributed by atoms with Gasteiger partial charge in [0, 0.05) is 31.5 Å². The summed E-state index contributed by atoms with van der Waals surface area (Å²) in [4.78, 5) is 13.8. The molecule has 0 atom stereocenters. The van der Waals surface area contributed by atoms with Crippen LogP contribution < -0.4 is 9.80 Å². The molecule has 1 fully saturated rings. The summed E-state index contributed by atoms with van der Waals surface area (Å²) in [6, 6.07) is 10.5. The van der Waals surface area contributed by atoms with Crippen molar-refractivity contribution in [1.82, 2.24) is 9.97 Å². The SMILES string of the molecule is c1ccc2c(c1)CCCN2c1nccc(N2CCOCC2)n1. The standard InChI is InChI=1S/C17H20N4O/c1-2-6-15-14(4-1)5-3-9-21(15)17-18-8-7-16(19-17)20-10-12-22-13-11-20/h1-2,4,6-8H,3,5,9-13H2. The molecule has 2 aliphatic heterocycles. The molecule has 0 N–H and O–H groups in total. The Kier molecular flexibility index (Phi) is 3.64. The lowest BCUT2D eigenvalue weighted by molar-refractivity contribution is 0.122. The number of hydrogen-bond donors (Lipinski definition) is 0. The average molecular weight is 296 g/mol. The van der Waals surface area contributed by atoms with Crippen LogP contribution in [0.2, 0.25) is 0 Å². The van der Waals surface area contributed by atoms with Crippen LogP contribution >= 0.6 is 0 Å². The van der Waals surface area contributed by atoms with Crippen molar-refractivity contribution in [1.29, 1.82) is 0 Å². The number of para-hydroxylation sites is 1. The van der Waals surface area contributed by atoms with Gasteiger partial charge in [-0.05, 0) is 30.5 Å². The third-order valence-electron chi connectivity index (χ3n) is 4.31. The zero-order valence-corrected chi connectivity index (χ0v) is 12.6. The molecule has 114 valence electrons. The smallest absolute Gasteiger partial charge is 0.231 e. The number of aromatic nitrogens is 2. The first-order valence-electron chi connectivity index (χ1n) is 7.93. The molecule has 0 radical (unpaired) electrons. The number of benzene rings is 1. The van der Waals surface area contributed by atoms with Crippen LogP contribution in [0.15, 0.2) is 36.5 Å². The van der Waals surface area contributed by atoms with Gasteiger partial charge in [0.2, 0.25) is 5.95 Å². The van der Waals surface area contributed by atoms with E-state index >= 15 is 0 Å². The molecule has 5 heteroatoms. The van der Waals surface area contributed by atoms with Crippen LogP contribution in [0, 0.1) is 0 Å². The Labute approximate surface area is 130 Å². The molecule has 22 heavy (non-hydrogen) atoms. The molecular formula is C17H20N4O. The van der Waals surface area contributed by atoms with Crippen molar-refractivity contribution >= 4 is 17.5 Å². The number of hydrogen-bond acceptors (Lipinski definition) is 5. The van der Waals surface area contributed by atoms with Crippen molar-refractivity contribution < 1.29 is 4.74 Å². The number of fused-ring (bicyclic) bond motifs is 1. The monoisotopic (exact) mass is 296 g/mol. The van der Waals surface area contributed by atoms with Crippen LogP contribution in [0.25, 0.3) is 0 Å². The lowest BCUT2D eigenvalue weighted by Crippen LogP contribution is -2.37. The summed E-state index contributed by atoms with van der Waals surface area (Å²) >= 11 is 0. The summed E-state index contributed by atoms with van der Waals surface area (Å²) in [7, 11) is 0. The van der Waals surface area contributed by atoms with Crippen molar-refractivity contribution in [3.63, 3.8) is 0 Å². The van der Waals surface area contributed by atoms with E-state index in [2.05, 4.69) is 39.0 Å². The summed E-state index contributed by atoms with van der Waals surface area (Å²) in [6.07, 6.45) is 4.14. The van der Waals surface area contributed by atoms with Crippen molar-refractivity contribution in [2.75, 3.05) is 42.6 Å². The predicted octanol–water partition coefficient (Wildman–Crippen LogP) is 2.40. The van der Waals surface area contributed by atoms with Crippen LogP contribution in [0.1, 0.15) is 12.0 Å². The fraction of sp³-hybridized carbons (Fsp3) is 0.412. The van der Waals surface area contributed by atoms with Crippen LogP contribution in [-0.4, -0.2) is 42.8 Å². The second-order valence-electron chi connectivity index (χ2n) is 5.70. The minimum absolute atomic E-state index is 0.770. The Hall–Kier alpha value is -2.14. The van der Waals surface area contributed by atoms with E-state index in [4.69, 9.17) is 9.72 Å². The molecule has 2 aromatic rings. The second kappa shape index (κ2) is 5.93. The van der Waals surface area contributed by atoms with Crippen LogP contribution in [0.3, 0.4) is 0 Å². The van der Waals surface area contributed by atoms with E-state index in [-0.39, 0.29) is 0 Å². The van der Waals surface area contributed by atoms with Crippen LogP contribution in [-0.2, 0) is 11.2 Å². The molecule has 5 nitrogen and oxygen atoms in total. The lowest BCUT2D eigenvalue weighted by Gasteiger charge is -2.31. The van der Waals surface area contributed by atoms with E-state index < -0.39 is 0 Å². The quantitative estimate of drug-likeness (QED) is 0.851. The minimum atomic E-state index is 0.770. The fourth-order valence-corrected chi connectivity index (χ4v) is 3.18. The summed E-state index contributed by atoms with van der Waals surface area (Å²) in [5.74, 6) is 1.80. The van der Waals surface area contributed by atoms with E-state index in [0.717, 1.165) is 57.5 Å². The van der Waals surface area contributed by atoms with Gasteiger partial charge in [-0.3, -0.25) is 0 Å². The first-order chi connectivity index (χ1) is 10.9. The molecule has 0 unspecified atom stereocenters. The maximum atomic E-state index is 5.42. The zero-order chi connectivity index (χ0) is 14.8. The molecule has 1 saturated heterocycles. The topological polar surface area (TPSA) is 41.5 Å². The first-order valence-corrected chi connectivity index (χ1v) is 7.93. The van der Waals surface area contributed by atoms with Gasteiger partial charge < -0.3 is 14.5 Å². The third-order valence-corrected chi connectivity index (χ3v) is 4.31. The number of ether oxygens (including phenoxy) is 1. The highest BCUT2D eigenvalue weighted by Crippen LogP contribution is 2.31.